The zero-order chi connectivity index (χ0) is 51.9. The quantitative estimate of drug-likeness (QED) is 0.171. The van der Waals surface area contributed by atoms with Crippen LogP contribution in [0.15, 0.2) is 267 Å². The normalized spacial score (nSPS) is 15.0. The molecule has 13 aromatic rings. The summed E-state index contributed by atoms with van der Waals surface area (Å²) in [6, 6.07) is 102. The van der Waals surface area contributed by atoms with E-state index in [0.717, 1.165) is 11.4 Å². The maximum absolute atomic E-state index is 2.69. The number of aromatic nitrogens is 1. The van der Waals surface area contributed by atoms with E-state index in [-0.39, 0.29) is 5.41 Å². The summed E-state index contributed by atoms with van der Waals surface area (Å²) in [5.74, 6) is 0. The molecule has 368 valence electrons. The minimum atomic E-state index is -0.740. The Balaban J connectivity index is 1.05. The van der Waals surface area contributed by atoms with Gasteiger partial charge in [-0.2, -0.15) is 0 Å². The minimum Gasteiger partial charge on any atom is -0.309 e. The zero-order valence-corrected chi connectivity index (χ0v) is 43.8. The first-order valence-corrected chi connectivity index (χ1v) is 27.9. The Morgan fingerprint density at radius 1 is 0.316 bits per heavy atom. The lowest BCUT2D eigenvalue weighted by molar-refractivity contribution is 0.563. The van der Waals surface area contributed by atoms with Crippen molar-refractivity contribution in [3.05, 3.63) is 323 Å². The molecule has 5 aliphatic rings. The van der Waals surface area contributed by atoms with Gasteiger partial charge in [0.2, 0.25) is 0 Å². The molecule has 2 heterocycles. The Hall–Kier alpha value is -9.76. The van der Waals surface area contributed by atoms with E-state index in [1.807, 2.05) is 0 Å². The highest BCUT2D eigenvalue weighted by molar-refractivity contribution is 6.20. The third-order valence-corrected chi connectivity index (χ3v) is 19.2. The first kappa shape index (κ1) is 43.4. The fourth-order valence-corrected chi connectivity index (χ4v) is 16.3. The van der Waals surface area contributed by atoms with Gasteiger partial charge in [-0.05, 0) is 125 Å². The van der Waals surface area contributed by atoms with Gasteiger partial charge in [0.1, 0.15) is 0 Å². The molecule has 0 N–H and O–H groups in total. The van der Waals surface area contributed by atoms with Gasteiger partial charge in [-0.15, -0.1) is 0 Å². The third kappa shape index (κ3) is 5.14. The lowest BCUT2D eigenvalue weighted by Gasteiger charge is -2.47. The van der Waals surface area contributed by atoms with Crippen LogP contribution in [0, 0.1) is 0 Å². The molecule has 12 aromatic carbocycles. The molecule has 2 spiro atoms. The number of fused-ring (bicyclic) bond motifs is 22. The summed E-state index contributed by atoms with van der Waals surface area (Å²) in [7, 11) is 0. The van der Waals surface area contributed by atoms with Crippen LogP contribution < -0.4 is 4.90 Å². The van der Waals surface area contributed by atoms with E-state index in [9.17, 15) is 0 Å². The molecule has 0 atom stereocenters. The number of benzene rings is 12. The van der Waals surface area contributed by atoms with Crippen molar-refractivity contribution in [2.24, 2.45) is 0 Å². The molecule has 0 saturated heterocycles. The molecule has 79 heavy (non-hydrogen) atoms. The predicted molar refractivity (Wildman–Crippen MR) is 326 cm³/mol. The van der Waals surface area contributed by atoms with Gasteiger partial charge in [0.15, 0.2) is 0 Å². The van der Waals surface area contributed by atoms with Crippen molar-refractivity contribution in [2.45, 2.75) is 30.1 Å². The molecule has 2 nitrogen and oxygen atoms in total. The van der Waals surface area contributed by atoms with Crippen LogP contribution in [0.1, 0.15) is 69.5 Å². The lowest BCUT2D eigenvalue weighted by Crippen LogP contribution is -2.41. The smallest absolute Gasteiger partial charge is 0.0741 e. The standard InChI is InChI=1S/C77H50N2/c1-75(2)60-34-14-16-36-62(60)77(63-37-17-15-35-61(63)75)65-44-42-55-53-29-10-19-40-67(53)79-66-39-18-9-28-52(66)54-43-45-69(73(77)71(54)72(65)74(55)79)78(49-25-20-24-48(46-49)47-22-4-3-5-23-47)68-41-21-38-64-70(68)56-30-8-13-33-59(56)76(64)57-31-11-6-26-50(57)51-27-7-12-32-58(51)76/h3-46H,1-2H3. The van der Waals surface area contributed by atoms with Crippen LogP contribution in [0.4, 0.5) is 17.1 Å². The summed E-state index contributed by atoms with van der Waals surface area (Å²) >= 11 is 0. The van der Waals surface area contributed by atoms with Gasteiger partial charge in [-0.1, -0.05) is 244 Å². The zero-order valence-electron chi connectivity index (χ0n) is 43.8. The van der Waals surface area contributed by atoms with Crippen molar-refractivity contribution in [1.29, 1.82) is 0 Å². The Morgan fingerprint density at radius 2 is 0.861 bits per heavy atom. The Morgan fingerprint density at radius 3 is 1.58 bits per heavy atom. The topological polar surface area (TPSA) is 8.17 Å². The van der Waals surface area contributed by atoms with Crippen LogP contribution in [0.25, 0.3) is 83.1 Å². The molecule has 1 aliphatic heterocycles. The monoisotopic (exact) mass is 1000 g/mol. The molecular weight excluding hydrogens is 953 g/mol. The summed E-state index contributed by atoms with van der Waals surface area (Å²) in [4.78, 5) is 2.69. The van der Waals surface area contributed by atoms with Gasteiger partial charge in [-0.3, -0.25) is 0 Å². The second-order valence-corrected chi connectivity index (χ2v) is 22.9. The summed E-state index contributed by atoms with van der Waals surface area (Å²) in [6.07, 6.45) is 0. The fraction of sp³-hybridized carbons (Fsp3) is 0.0649. The molecule has 0 fully saturated rings. The lowest BCUT2D eigenvalue weighted by atomic mass is 9.55. The van der Waals surface area contributed by atoms with E-state index in [1.165, 1.54) is 144 Å². The van der Waals surface area contributed by atoms with E-state index in [4.69, 9.17) is 0 Å². The van der Waals surface area contributed by atoms with E-state index in [2.05, 4.69) is 290 Å². The minimum absolute atomic E-state index is 0.280. The Bertz CT molecular complexity index is 4740. The first-order valence-electron chi connectivity index (χ1n) is 27.9. The van der Waals surface area contributed by atoms with Crippen molar-refractivity contribution in [1.82, 2.24) is 4.57 Å². The summed E-state index contributed by atoms with van der Waals surface area (Å²) < 4.78 is 2.60. The number of nitrogens with zero attached hydrogens (tertiary/aromatic N) is 2. The number of rotatable bonds is 4. The maximum atomic E-state index is 2.69. The van der Waals surface area contributed by atoms with Gasteiger partial charge in [-0.25, -0.2) is 0 Å². The molecule has 0 amide bonds. The third-order valence-electron chi connectivity index (χ3n) is 19.2. The van der Waals surface area contributed by atoms with Crippen molar-refractivity contribution >= 4 is 38.9 Å². The van der Waals surface area contributed by atoms with E-state index < -0.39 is 10.8 Å². The van der Waals surface area contributed by atoms with Crippen LogP contribution >= 0.6 is 0 Å². The average molecular weight is 1000 g/mol. The van der Waals surface area contributed by atoms with Crippen LogP contribution in [0.3, 0.4) is 0 Å². The molecule has 18 rings (SSSR count). The molecule has 0 unspecified atom stereocenters. The number of para-hydroxylation sites is 2. The Labute approximate surface area is 459 Å². The number of hydrogen-bond acceptors (Lipinski definition) is 1. The second kappa shape index (κ2) is 15.2. The average Bonchev–Trinajstić information content (AvgIpc) is 3.90. The highest BCUT2D eigenvalue weighted by Gasteiger charge is 2.58. The molecule has 1 aromatic heterocycles. The molecule has 0 radical (unpaired) electrons. The molecule has 4 aliphatic carbocycles. The predicted octanol–water partition coefficient (Wildman–Crippen LogP) is 19.2. The largest absolute Gasteiger partial charge is 0.309 e. The highest BCUT2D eigenvalue weighted by Crippen LogP contribution is 2.70. The van der Waals surface area contributed by atoms with Crippen molar-refractivity contribution in [3.63, 3.8) is 0 Å². The van der Waals surface area contributed by atoms with Crippen LogP contribution in [0.2, 0.25) is 0 Å². The van der Waals surface area contributed by atoms with Gasteiger partial charge in [0.05, 0.1) is 38.9 Å². The SMILES string of the molecule is CC1(C)c2ccccc2C2(c3ccccc31)c1ccc3c4ccccc4n4c3c1-c1c(ccc(N(c3cccc(-c5ccccc5)c3)c3cccc5c3-c3ccccc3C53c5ccccc5-c5ccccc53)c12)-c1ccccc1-4. The first-order chi connectivity index (χ1) is 39.0. The molecule has 0 bridgehead atoms. The van der Waals surface area contributed by atoms with Crippen molar-refractivity contribution < 1.29 is 0 Å². The van der Waals surface area contributed by atoms with Crippen LogP contribution in [0.5, 0.6) is 0 Å². The van der Waals surface area contributed by atoms with Crippen molar-refractivity contribution in [2.75, 3.05) is 4.90 Å². The molecular formula is C77H50N2. The number of hydrogen-bond donors (Lipinski definition) is 0. The summed E-state index contributed by atoms with van der Waals surface area (Å²) in [6.45, 7) is 4.88. The Kier molecular flexibility index (Phi) is 8.37. The second-order valence-electron chi connectivity index (χ2n) is 22.9. The van der Waals surface area contributed by atoms with Crippen LogP contribution in [-0.4, -0.2) is 4.57 Å². The van der Waals surface area contributed by atoms with E-state index >= 15 is 0 Å². The van der Waals surface area contributed by atoms with Crippen molar-refractivity contribution in [3.8, 4) is 61.3 Å². The van der Waals surface area contributed by atoms with Gasteiger partial charge >= 0.3 is 0 Å². The van der Waals surface area contributed by atoms with Gasteiger partial charge < -0.3 is 9.47 Å². The van der Waals surface area contributed by atoms with E-state index in [1.54, 1.807) is 0 Å². The van der Waals surface area contributed by atoms with Gasteiger partial charge in [0.25, 0.3) is 0 Å². The van der Waals surface area contributed by atoms with E-state index in [0.29, 0.717) is 0 Å². The maximum Gasteiger partial charge on any atom is 0.0741 e. The summed E-state index contributed by atoms with van der Waals surface area (Å²) in [5.41, 5.74) is 31.6. The highest BCUT2D eigenvalue weighted by atomic mass is 15.2. The summed E-state index contributed by atoms with van der Waals surface area (Å²) in [5, 5.41) is 2.54. The number of anilines is 3. The molecule has 0 saturated carbocycles. The van der Waals surface area contributed by atoms with Gasteiger partial charge in [0, 0.05) is 44.1 Å². The fourth-order valence-electron chi connectivity index (χ4n) is 16.3. The molecule has 2 heteroatoms. The van der Waals surface area contributed by atoms with Crippen LogP contribution in [-0.2, 0) is 16.2 Å².